The average molecular weight is 282 g/mol. The molecule has 98 valence electrons. The summed E-state index contributed by atoms with van der Waals surface area (Å²) in [6.45, 7) is 0. The lowest BCUT2D eigenvalue weighted by molar-refractivity contribution is 1.05. The number of nitrogens with one attached hydrogen (secondary N) is 2. The van der Waals surface area contributed by atoms with E-state index >= 15 is 0 Å². The van der Waals surface area contributed by atoms with E-state index < -0.39 is 0 Å². The molecular weight excluding hydrogens is 264 g/mol. The molecule has 0 aromatic heterocycles. The zero-order valence-electron chi connectivity index (χ0n) is 10.1. The summed E-state index contributed by atoms with van der Waals surface area (Å²) >= 11 is 2.73. The normalized spacial score (nSPS) is 10.2. The van der Waals surface area contributed by atoms with Crippen LogP contribution in [0.15, 0.2) is 24.3 Å². The Morgan fingerprint density at radius 2 is 1.28 bits per heavy atom. The van der Waals surface area contributed by atoms with E-state index in [1.165, 1.54) is 34.7 Å². The Bertz CT molecular complexity index is 381. The van der Waals surface area contributed by atoms with Crippen LogP contribution in [0.5, 0.6) is 0 Å². The summed E-state index contributed by atoms with van der Waals surface area (Å²) in [6, 6.07) is 8.26. The lowest BCUT2D eigenvalue weighted by Crippen LogP contribution is -2.07. The molecule has 6 heteroatoms. The molecule has 18 heavy (non-hydrogen) atoms. The fourth-order valence-corrected chi connectivity index (χ4v) is 2.67. The fraction of sp³-hybridized carbons (Fsp3) is 0.333. The van der Waals surface area contributed by atoms with Gasteiger partial charge in [0, 0.05) is 11.5 Å². The van der Waals surface area contributed by atoms with Crippen molar-refractivity contribution in [1.82, 2.24) is 0 Å². The Kier molecular flexibility index (Phi) is 6.67. The SMILES string of the molecule is N=C(N)SCCc1ccccc1CCSC(=N)N. The third-order valence-corrected chi connectivity index (χ3v) is 3.81. The van der Waals surface area contributed by atoms with E-state index in [2.05, 4.69) is 12.1 Å². The van der Waals surface area contributed by atoms with E-state index in [1.807, 2.05) is 12.1 Å². The van der Waals surface area contributed by atoms with Crippen LogP contribution < -0.4 is 11.5 Å². The largest absolute Gasteiger partial charge is 0.379 e. The molecule has 6 N–H and O–H groups in total. The minimum absolute atomic E-state index is 0.166. The summed E-state index contributed by atoms with van der Waals surface area (Å²) in [5, 5.41) is 14.7. The highest BCUT2D eigenvalue weighted by Gasteiger charge is 2.03. The first-order chi connectivity index (χ1) is 8.59. The predicted molar refractivity (Wildman–Crippen MR) is 82.6 cm³/mol. The van der Waals surface area contributed by atoms with Crippen molar-refractivity contribution in [1.29, 1.82) is 10.8 Å². The molecule has 0 spiro atoms. The first-order valence-electron chi connectivity index (χ1n) is 5.60. The molecule has 0 aliphatic carbocycles. The van der Waals surface area contributed by atoms with Gasteiger partial charge in [-0.1, -0.05) is 47.8 Å². The molecule has 1 rings (SSSR count). The first kappa shape index (κ1) is 14.9. The van der Waals surface area contributed by atoms with Gasteiger partial charge in [-0.25, -0.2) is 0 Å². The van der Waals surface area contributed by atoms with Crippen LogP contribution in [0.4, 0.5) is 0 Å². The van der Waals surface area contributed by atoms with E-state index in [1.54, 1.807) is 0 Å². The molecule has 1 aromatic carbocycles. The van der Waals surface area contributed by atoms with E-state index in [-0.39, 0.29) is 10.3 Å². The highest BCUT2D eigenvalue weighted by Crippen LogP contribution is 2.15. The zero-order valence-corrected chi connectivity index (χ0v) is 11.7. The van der Waals surface area contributed by atoms with Crippen LogP contribution in [0.1, 0.15) is 11.1 Å². The maximum Gasteiger partial charge on any atom is 0.151 e. The third-order valence-electron chi connectivity index (χ3n) is 2.38. The molecule has 0 atom stereocenters. The Hall–Kier alpha value is -1.14. The summed E-state index contributed by atoms with van der Waals surface area (Å²) < 4.78 is 0. The fourth-order valence-electron chi connectivity index (χ4n) is 1.59. The number of aryl methyl sites for hydroxylation is 2. The average Bonchev–Trinajstić information content (AvgIpc) is 2.30. The van der Waals surface area contributed by atoms with Gasteiger partial charge in [0.2, 0.25) is 0 Å². The highest BCUT2D eigenvalue weighted by atomic mass is 32.2. The summed E-state index contributed by atoms with van der Waals surface area (Å²) in [5.74, 6) is 1.65. The third kappa shape index (κ3) is 5.97. The number of amidine groups is 2. The number of nitrogens with two attached hydrogens (primary N) is 2. The second-order valence-corrected chi connectivity index (χ2v) is 5.97. The minimum atomic E-state index is 0.166. The van der Waals surface area contributed by atoms with Gasteiger partial charge in [-0.3, -0.25) is 10.8 Å². The molecule has 0 radical (unpaired) electrons. The number of hydrogen-bond donors (Lipinski definition) is 4. The van der Waals surface area contributed by atoms with Gasteiger partial charge >= 0.3 is 0 Å². The molecule has 1 aromatic rings. The Labute approximate surface area is 116 Å². The second kappa shape index (κ2) is 8.05. The van der Waals surface area contributed by atoms with Crippen molar-refractivity contribution in [3.05, 3.63) is 35.4 Å². The Balaban J connectivity index is 2.50. The molecular formula is C12H18N4S2. The molecule has 4 nitrogen and oxygen atoms in total. The van der Waals surface area contributed by atoms with Crippen LogP contribution in [0.2, 0.25) is 0 Å². The van der Waals surface area contributed by atoms with Gasteiger partial charge in [0.25, 0.3) is 0 Å². The van der Waals surface area contributed by atoms with Gasteiger partial charge in [0.05, 0.1) is 0 Å². The molecule has 0 saturated carbocycles. The molecule has 0 unspecified atom stereocenters. The summed E-state index contributed by atoms with van der Waals surface area (Å²) in [5.41, 5.74) is 13.2. The van der Waals surface area contributed by atoms with Crippen molar-refractivity contribution in [2.75, 3.05) is 11.5 Å². The maximum atomic E-state index is 7.17. The monoisotopic (exact) mass is 282 g/mol. The van der Waals surface area contributed by atoms with E-state index in [4.69, 9.17) is 22.3 Å². The molecule has 0 heterocycles. The lowest BCUT2D eigenvalue weighted by atomic mass is 10.0. The van der Waals surface area contributed by atoms with Gasteiger partial charge < -0.3 is 11.5 Å². The van der Waals surface area contributed by atoms with Crippen molar-refractivity contribution >= 4 is 33.9 Å². The van der Waals surface area contributed by atoms with E-state index in [0.29, 0.717) is 0 Å². The van der Waals surface area contributed by atoms with Crippen molar-refractivity contribution in [2.45, 2.75) is 12.8 Å². The number of hydrogen-bond acceptors (Lipinski definition) is 4. The maximum absolute atomic E-state index is 7.17. The van der Waals surface area contributed by atoms with Crippen LogP contribution in [-0.2, 0) is 12.8 Å². The van der Waals surface area contributed by atoms with Gasteiger partial charge in [0.1, 0.15) is 0 Å². The number of thioether (sulfide) groups is 2. The predicted octanol–water partition coefficient (Wildman–Crippen LogP) is 2.02. The van der Waals surface area contributed by atoms with Crippen molar-refractivity contribution in [3.63, 3.8) is 0 Å². The summed E-state index contributed by atoms with van der Waals surface area (Å²) in [7, 11) is 0. The molecule has 0 aliphatic heterocycles. The second-order valence-electron chi connectivity index (χ2n) is 3.69. The molecule has 0 saturated heterocycles. The Morgan fingerprint density at radius 1 is 0.889 bits per heavy atom. The molecule has 0 aliphatic rings. The van der Waals surface area contributed by atoms with E-state index in [9.17, 15) is 0 Å². The molecule has 0 bridgehead atoms. The summed E-state index contributed by atoms with van der Waals surface area (Å²) in [4.78, 5) is 0. The van der Waals surface area contributed by atoms with Crippen molar-refractivity contribution in [2.24, 2.45) is 11.5 Å². The Morgan fingerprint density at radius 3 is 1.61 bits per heavy atom. The van der Waals surface area contributed by atoms with Gasteiger partial charge in [-0.2, -0.15) is 0 Å². The minimum Gasteiger partial charge on any atom is -0.379 e. The zero-order chi connectivity index (χ0) is 13.4. The quantitative estimate of drug-likeness (QED) is 0.474. The molecule has 0 fully saturated rings. The van der Waals surface area contributed by atoms with Crippen LogP contribution in [0, 0.1) is 10.8 Å². The topological polar surface area (TPSA) is 99.7 Å². The first-order valence-corrected chi connectivity index (χ1v) is 7.57. The summed E-state index contributed by atoms with van der Waals surface area (Å²) in [6.07, 6.45) is 1.82. The molecule has 0 amide bonds. The van der Waals surface area contributed by atoms with E-state index in [0.717, 1.165) is 24.3 Å². The van der Waals surface area contributed by atoms with Crippen molar-refractivity contribution < 1.29 is 0 Å². The van der Waals surface area contributed by atoms with Crippen LogP contribution in [0.25, 0.3) is 0 Å². The van der Waals surface area contributed by atoms with Crippen LogP contribution >= 0.6 is 23.5 Å². The standard InChI is InChI=1S/C12H18N4S2/c13-11(14)17-7-5-9-3-1-2-4-10(9)6-8-18-12(15)16/h1-4H,5-8H2,(H3,13,14)(H3,15,16). The smallest absolute Gasteiger partial charge is 0.151 e. The van der Waals surface area contributed by atoms with Crippen LogP contribution in [-0.4, -0.2) is 21.8 Å². The van der Waals surface area contributed by atoms with Crippen molar-refractivity contribution in [3.8, 4) is 0 Å². The highest BCUT2D eigenvalue weighted by molar-refractivity contribution is 8.13. The van der Waals surface area contributed by atoms with Gasteiger partial charge in [0.15, 0.2) is 10.3 Å². The van der Waals surface area contributed by atoms with Crippen LogP contribution in [0.3, 0.4) is 0 Å². The number of rotatable bonds is 6. The lowest BCUT2D eigenvalue weighted by Gasteiger charge is -2.08. The van der Waals surface area contributed by atoms with Gasteiger partial charge in [-0.05, 0) is 24.0 Å². The van der Waals surface area contributed by atoms with Gasteiger partial charge in [-0.15, -0.1) is 0 Å². The number of benzene rings is 1.